The number of fused-ring (bicyclic) bond motifs is 1. The molecule has 7 nitrogen and oxygen atoms in total. The first-order valence-corrected chi connectivity index (χ1v) is 10.9. The maximum atomic E-state index is 13.2. The van der Waals surface area contributed by atoms with Gasteiger partial charge >= 0.3 is 0 Å². The van der Waals surface area contributed by atoms with Gasteiger partial charge in [0.1, 0.15) is 11.9 Å². The van der Waals surface area contributed by atoms with Crippen LogP contribution in [0.4, 0.5) is 4.39 Å². The van der Waals surface area contributed by atoms with Gasteiger partial charge < -0.3 is 15.3 Å². The minimum atomic E-state index is -0.403. The Morgan fingerprint density at radius 1 is 1.23 bits per heavy atom. The van der Waals surface area contributed by atoms with Gasteiger partial charge in [-0.25, -0.2) is 4.39 Å². The zero-order valence-electron chi connectivity index (χ0n) is 17.5. The molecule has 1 aromatic rings. The zero-order valence-corrected chi connectivity index (χ0v) is 17.5. The highest BCUT2D eigenvalue weighted by molar-refractivity contribution is 5.83. The Kier molecular flexibility index (Phi) is 6.36. The van der Waals surface area contributed by atoms with Gasteiger partial charge in [0.2, 0.25) is 11.8 Å². The number of halogens is 1. The van der Waals surface area contributed by atoms with Crippen molar-refractivity contribution in [2.75, 3.05) is 33.2 Å². The molecule has 3 saturated heterocycles. The summed E-state index contributed by atoms with van der Waals surface area (Å²) in [5.74, 6) is -0.148. The molecule has 0 aliphatic carbocycles. The van der Waals surface area contributed by atoms with Crippen molar-refractivity contribution >= 4 is 11.8 Å². The molecule has 0 radical (unpaired) electrons. The van der Waals surface area contributed by atoms with Gasteiger partial charge in [-0.2, -0.15) is 0 Å². The van der Waals surface area contributed by atoms with Gasteiger partial charge in [0.25, 0.3) is 0 Å². The maximum absolute atomic E-state index is 13.2. The molecule has 2 amide bonds. The number of aliphatic hydroxyl groups is 1. The van der Waals surface area contributed by atoms with Crippen LogP contribution in [0.5, 0.6) is 0 Å². The SMILES string of the molecule is CN1[C@@H](CCC(=O)N2CC[C@@H](O)C2)CNC(=O)[C@@H]2[C@H]1CCN2Cc1ccc(F)cc1. The van der Waals surface area contributed by atoms with Crippen LogP contribution in [0, 0.1) is 5.82 Å². The van der Waals surface area contributed by atoms with E-state index in [0.29, 0.717) is 45.4 Å². The highest BCUT2D eigenvalue weighted by Crippen LogP contribution is 2.28. The summed E-state index contributed by atoms with van der Waals surface area (Å²) >= 11 is 0. The first kappa shape index (κ1) is 21.2. The minimum Gasteiger partial charge on any atom is -0.391 e. The molecule has 4 atom stereocenters. The number of carbonyl (C=O) groups excluding carboxylic acids is 2. The first-order valence-electron chi connectivity index (χ1n) is 10.9. The van der Waals surface area contributed by atoms with Gasteiger partial charge in [0, 0.05) is 51.2 Å². The minimum absolute atomic E-state index is 0.0305. The lowest BCUT2D eigenvalue weighted by molar-refractivity contribution is -0.131. The Bertz CT molecular complexity index is 774. The van der Waals surface area contributed by atoms with Crippen molar-refractivity contribution in [1.29, 1.82) is 0 Å². The van der Waals surface area contributed by atoms with Gasteiger partial charge in [-0.15, -0.1) is 0 Å². The largest absolute Gasteiger partial charge is 0.391 e. The van der Waals surface area contributed by atoms with E-state index in [4.69, 9.17) is 0 Å². The number of likely N-dealkylation sites (N-methyl/N-ethyl adjacent to an activating group) is 1. The summed E-state index contributed by atoms with van der Waals surface area (Å²) < 4.78 is 13.2. The molecule has 2 N–H and O–H groups in total. The molecule has 164 valence electrons. The van der Waals surface area contributed by atoms with E-state index in [2.05, 4.69) is 15.1 Å². The lowest BCUT2D eigenvalue weighted by atomic mass is 10.0. The van der Waals surface area contributed by atoms with E-state index in [9.17, 15) is 19.1 Å². The Morgan fingerprint density at radius 2 is 2.00 bits per heavy atom. The number of hydrogen-bond donors (Lipinski definition) is 2. The average molecular weight is 419 g/mol. The van der Waals surface area contributed by atoms with Crippen LogP contribution in [0.1, 0.15) is 31.2 Å². The normalized spacial score (nSPS) is 30.2. The third kappa shape index (κ3) is 4.50. The predicted molar refractivity (Wildman–Crippen MR) is 110 cm³/mol. The van der Waals surface area contributed by atoms with Crippen molar-refractivity contribution in [3.05, 3.63) is 35.6 Å². The van der Waals surface area contributed by atoms with E-state index in [1.165, 1.54) is 12.1 Å². The van der Waals surface area contributed by atoms with Gasteiger partial charge in [-0.05, 0) is 44.0 Å². The third-order valence-corrected chi connectivity index (χ3v) is 6.86. The molecule has 0 aromatic heterocycles. The highest BCUT2D eigenvalue weighted by Gasteiger charge is 2.45. The molecule has 0 spiro atoms. The van der Waals surface area contributed by atoms with E-state index >= 15 is 0 Å². The third-order valence-electron chi connectivity index (χ3n) is 6.86. The van der Waals surface area contributed by atoms with Crippen LogP contribution < -0.4 is 5.32 Å². The second-order valence-corrected chi connectivity index (χ2v) is 8.78. The monoisotopic (exact) mass is 418 g/mol. The number of nitrogens with zero attached hydrogens (tertiary/aromatic N) is 3. The summed E-state index contributed by atoms with van der Waals surface area (Å²) in [5.41, 5.74) is 0.992. The van der Waals surface area contributed by atoms with Gasteiger partial charge in [0.05, 0.1) is 6.10 Å². The lowest BCUT2D eigenvalue weighted by Gasteiger charge is -2.33. The number of nitrogens with one attached hydrogen (secondary N) is 1. The second-order valence-electron chi connectivity index (χ2n) is 8.78. The first-order chi connectivity index (χ1) is 14.4. The van der Waals surface area contributed by atoms with E-state index in [1.807, 2.05) is 7.05 Å². The Labute approximate surface area is 176 Å². The molecular weight excluding hydrogens is 387 g/mol. The van der Waals surface area contributed by atoms with Crippen molar-refractivity contribution in [2.45, 2.75) is 56.5 Å². The summed E-state index contributed by atoms with van der Waals surface area (Å²) in [6.45, 7) is 3.01. The molecule has 3 aliphatic rings. The summed E-state index contributed by atoms with van der Waals surface area (Å²) in [5, 5.41) is 12.7. The van der Waals surface area contributed by atoms with Crippen LogP contribution in [0.15, 0.2) is 24.3 Å². The molecule has 3 fully saturated rings. The van der Waals surface area contributed by atoms with Crippen LogP contribution in [-0.4, -0.2) is 89.1 Å². The zero-order chi connectivity index (χ0) is 21.3. The van der Waals surface area contributed by atoms with E-state index in [-0.39, 0.29) is 35.8 Å². The summed E-state index contributed by atoms with van der Waals surface area (Å²) in [6.07, 6.45) is 2.25. The number of amides is 2. The number of likely N-dealkylation sites (tertiary alicyclic amines) is 2. The summed E-state index contributed by atoms with van der Waals surface area (Å²) in [7, 11) is 2.05. The molecule has 0 saturated carbocycles. The molecular formula is C22H31FN4O3. The molecule has 1 aromatic carbocycles. The molecule has 3 aliphatic heterocycles. The Hall–Kier alpha value is -2.03. The topological polar surface area (TPSA) is 76.1 Å². The average Bonchev–Trinajstić information content (AvgIpc) is 3.32. The van der Waals surface area contributed by atoms with Crippen LogP contribution in [0.3, 0.4) is 0 Å². The smallest absolute Gasteiger partial charge is 0.239 e. The standard InChI is InChI=1S/C22H31FN4O3/c1-25-17(6-7-20(29)26-10-8-18(28)14-26)12-24-22(30)21-19(25)9-11-27(21)13-15-2-4-16(23)5-3-15/h2-5,17-19,21,28H,6-14H2,1H3,(H,24,30)/t17-,18+,19+,21-/m0/s1. The van der Waals surface area contributed by atoms with Crippen LogP contribution in [0.25, 0.3) is 0 Å². The lowest BCUT2D eigenvalue weighted by Crippen LogP contribution is -2.49. The fourth-order valence-corrected chi connectivity index (χ4v) is 5.07. The van der Waals surface area contributed by atoms with Crippen LogP contribution >= 0.6 is 0 Å². The fourth-order valence-electron chi connectivity index (χ4n) is 5.07. The predicted octanol–water partition coefficient (Wildman–Crippen LogP) is 0.572. The van der Waals surface area contributed by atoms with Crippen molar-refractivity contribution in [2.24, 2.45) is 0 Å². The van der Waals surface area contributed by atoms with Crippen LogP contribution in [0.2, 0.25) is 0 Å². The molecule has 0 unspecified atom stereocenters. The summed E-state index contributed by atoms with van der Waals surface area (Å²) in [6, 6.07) is 6.40. The molecule has 30 heavy (non-hydrogen) atoms. The number of carbonyl (C=O) groups is 2. The van der Waals surface area contributed by atoms with Crippen molar-refractivity contribution in [1.82, 2.24) is 20.0 Å². The number of hydrogen-bond acceptors (Lipinski definition) is 5. The van der Waals surface area contributed by atoms with Crippen molar-refractivity contribution in [3.8, 4) is 0 Å². The van der Waals surface area contributed by atoms with Gasteiger partial charge in [-0.1, -0.05) is 12.1 Å². The van der Waals surface area contributed by atoms with E-state index < -0.39 is 6.10 Å². The van der Waals surface area contributed by atoms with Crippen molar-refractivity contribution < 1.29 is 19.1 Å². The molecule has 4 rings (SSSR count). The molecule has 0 bridgehead atoms. The Morgan fingerprint density at radius 3 is 2.70 bits per heavy atom. The maximum Gasteiger partial charge on any atom is 0.239 e. The fraction of sp³-hybridized carbons (Fsp3) is 0.636. The highest BCUT2D eigenvalue weighted by atomic mass is 19.1. The Balaban J connectivity index is 1.37. The van der Waals surface area contributed by atoms with Gasteiger partial charge in [0.15, 0.2) is 0 Å². The summed E-state index contributed by atoms with van der Waals surface area (Å²) in [4.78, 5) is 31.5. The van der Waals surface area contributed by atoms with E-state index in [0.717, 1.165) is 18.5 Å². The van der Waals surface area contributed by atoms with Crippen LogP contribution in [-0.2, 0) is 16.1 Å². The number of rotatable bonds is 5. The number of β-amino-alcohol motifs (C(OH)–C–C–N with tert-alkyl or cyclic N) is 1. The quantitative estimate of drug-likeness (QED) is 0.731. The van der Waals surface area contributed by atoms with Gasteiger partial charge in [-0.3, -0.25) is 19.4 Å². The molecule has 8 heteroatoms. The number of benzene rings is 1. The molecule has 3 heterocycles. The van der Waals surface area contributed by atoms with E-state index in [1.54, 1.807) is 17.0 Å². The second kappa shape index (κ2) is 8.99. The number of aliphatic hydroxyl groups excluding tert-OH is 1. The van der Waals surface area contributed by atoms with Crippen molar-refractivity contribution in [3.63, 3.8) is 0 Å².